The summed E-state index contributed by atoms with van der Waals surface area (Å²) in [5.41, 5.74) is 6.53. The number of nitrogens with two attached hydrogens (primary N) is 1. The fourth-order valence-corrected chi connectivity index (χ4v) is 2.70. The Bertz CT molecular complexity index is 846. The molecule has 0 saturated heterocycles. The Balaban J connectivity index is 1.94. The van der Waals surface area contributed by atoms with Gasteiger partial charge in [-0.3, -0.25) is 14.3 Å². The Labute approximate surface area is 161 Å². The lowest BCUT2D eigenvalue weighted by molar-refractivity contribution is -0.119. The van der Waals surface area contributed by atoms with Gasteiger partial charge in [0.15, 0.2) is 6.61 Å². The van der Waals surface area contributed by atoms with Crippen molar-refractivity contribution in [1.82, 2.24) is 9.78 Å². The van der Waals surface area contributed by atoms with Crippen LogP contribution < -0.4 is 11.1 Å². The molecule has 0 atom stereocenters. The number of unbranched alkanes of at least 4 members (excludes halogenated alkanes) is 1. The van der Waals surface area contributed by atoms with E-state index in [0.29, 0.717) is 23.5 Å². The highest BCUT2D eigenvalue weighted by Gasteiger charge is 2.22. The lowest BCUT2D eigenvalue weighted by Gasteiger charge is -2.07. The topological polar surface area (TPSA) is 116 Å². The minimum atomic E-state index is -0.709. The highest BCUT2D eigenvalue weighted by Crippen LogP contribution is 2.21. The highest BCUT2D eigenvalue weighted by atomic mass is 35.5. The maximum atomic E-state index is 12.3. The number of rotatable bonds is 8. The summed E-state index contributed by atoms with van der Waals surface area (Å²) in [5, 5.41) is 6.99. The van der Waals surface area contributed by atoms with Crippen molar-refractivity contribution in [2.45, 2.75) is 33.2 Å². The third-order valence-electron chi connectivity index (χ3n) is 3.78. The van der Waals surface area contributed by atoms with Gasteiger partial charge in [-0.05, 0) is 37.6 Å². The number of amides is 2. The second-order valence-corrected chi connectivity index (χ2v) is 6.25. The zero-order valence-electron chi connectivity index (χ0n) is 15.1. The van der Waals surface area contributed by atoms with E-state index in [-0.39, 0.29) is 10.7 Å². The first-order valence-corrected chi connectivity index (χ1v) is 8.81. The summed E-state index contributed by atoms with van der Waals surface area (Å²) in [4.78, 5) is 35.2. The van der Waals surface area contributed by atoms with Gasteiger partial charge >= 0.3 is 5.97 Å². The van der Waals surface area contributed by atoms with E-state index in [2.05, 4.69) is 10.4 Å². The summed E-state index contributed by atoms with van der Waals surface area (Å²) < 4.78 is 6.59. The molecule has 0 aliphatic rings. The standard InChI is InChI=1S/C18H21ClN4O4/c1-3-4-9-23-16(19)15(11(2)22-23)18(26)27-10-14(24)21-13-7-5-12(6-8-13)17(20)25/h5-8H,3-4,9-10H2,1-2H3,(H2,20,25)(H,21,24). The van der Waals surface area contributed by atoms with Crippen molar-refractivity contribution in [3.8, 4) is 0 Å². The molecule has 2 rings (SSSR count). The lowest BCUT2D eigenvalue weighted by atomic mass is 10.2. The molecule has 1 aromatic carbocycles. The maximum Gasteiger partial charge on any atom is 0.343 e. The van der Waals surface area contributed by atoms with Gasteiger partial charge in [0, 0.05) is 17.8 Å². The minimum Gasteiger partial charge on any atom is -0.452 e. The number of benzene rings is 1. The zero-order chi connectivity index (χ0) is 20.0. The predicted octanol–water partition coefficient (Wildman–Crippen LogP) is 2.54. The molecule has 27 heavy (non-hydrogen) atoms. The number of aryl methyl sites for hydroxylation is 2. The number of carbonyl (C=O) groups excluding carboxylic acids is 3. The van der Waals surface area contributed by atoms with Crippen molar-refractivity contribution in [2.24, 2.45) is 5.73 Å². The van der Waals surface area contributed by atoms with Crippen molar-refractivity contribution >= 4 is 35.1 Å². The molecular weight excluding hydrogens is 372 g/mol. The molecule has 0 radical (unpaired) electrons. The number of hydrogen-bond donors (Lipinski definition) is 2. The van der Waals surface area contributed by atoms with Crippen LogP contribution in [0.4, 0.5) is 5.69 Å². The zero-order valence-corrected chi connectivity index (χ0v) is 15.9. The summed E-state index contributed by atoms with van der Waals surface area (Å²) in [7, 11) is 0. The average molecular weight is 393 g/mol. The molecule has 1 heterocycles. The summed E-state index contributed by atoms with van der Waals surface area (Å²) in [6, 6.07) is 6.02. The van der Waals surface area contributed by atoms with Gasteiger partial charge in [-0.15, -0.1) is 0 Å². The molecule has 0 aliphatic heterocycles. The Hall–Kier alpha value is -2.87. The molecule has 3 N–H and O–H groups in total. The molecule has 0 fully saturated rings. The van der Waals surface area contributed by atoms with Crippen molar-refractivity contribution in [2.75, 3.05) is 11.9 Å². The largest absolute Gasteiger partial charge is 0.452 e. The molecule has 0 aliphatic carbocycles. The molecule has 0 bridgehead atoms. The molecule has 0 saturated carbocycles. The Morgan fingerprint density at radius 2 is 1.93 bits per heavy atom. The van der Waals surface area contributed by atoms with E-state index in [1.54, 1.807) is 11.6 Å². The summed E-state index contributed by atoms with van der Waals surface area (Å²) >= 11 is 6.21. The van der Waals surface area contributed by atoms with Crippen molar-refractivity contribution < 1.29 is 19.1 Å². The fourth-order valence-electron chi connectivity index (χ4n) is 2.36. The molecule has 1 aromatic heterocycles. The van der Waals surface area contributed by atoms with Gasteiger partial charge < -0.3 is 15.8 Å². The van der Waals surface area contributed by atoms with Gasteiger partial charge in [-0.25, -0.2) is 4.79 Å². The first kappa shape index (κ1) is 20.4. The number of nitrogens with zero attached hydrogens (tertiary/aromatic N) is 2. The second kappa shape index (κ2) is 9.18. The Morgan fingerprint density at radius 1 is 1.26 bits per heavy atom. The number of nitrogens with one attached hydrogen (secondary N) is 1. The molecule has 0 spiro atoms. The van der Waals surface area contributed by atoms with Crippen LogP contribution in [-0.2, 0) is 16.1 Å². The summed E-state index contributed by atoms with van der Waals surface area (Å²) in [6.07, 6.45) is 1.85. The molecule has 0 unspecified atom stereocenters. The monoisotopic (exact) mass is 392 g/mol. The van der Waals surface area contributed by atoms with Crippen LogP contribution >= 0.6 is 11.6 Å². The Morgan fingerprint density at radius 3 is 2.52 bits per heavy atom. The number of halogens is 1. The van der Waals surface area contributed by atoms with Crippen LogP contribution in [0.15, 0.2) is 24.3 Å². The smallest absolute Gasteiger partial charge is 0.343 e. The number of ether oxygens (including phenoxy) is 1. The second-order valence-electron chi connectivity index (χ2n) is 5.89. The normalized spacial score (nSPS) is 10.5. The van der Waals surface area contributed by atoms with Crippen LogP contribution in [0.25, 0.3) is 0 Å². The lowest BCUT2D eigenvalue weighted by Crippen LogP contribution is -2.21. The van der Waals surface area contributed by atoms with Crippen molar-refractivity contribution in [3.05, 3.63) is 46.2 Å². The first-order valence-electron chi connectivity index (χ1n) is 8.43. The van der Waals surface area contributed by atoms with Crippen LogP contribution in [0.3, 0.4) is 0 Å². The van der Waals surface area contributed by atoms with E-state index >= 15 is 0 Å². The van der Waals surface area contributed by atoms with Crippen molar-refractivity contribution in [1.29, 1.82) is 0 Å². The van der Waals surface area contributed by atoms with E-state index in [1.165, 1.54) is 24.3 Å². The van der Waals surface area contributed by atoms with E-state index in [0.717, 1.165) is 12.8 Å². The highest BCUT2D eigenvalue weighted by molar-refractivity contribution is 6.32. The van der Waals surface area contributed by atoms with Gasteiger partial charge in [0.2, 0.25) is 5.91 Å². The molecule has 2 aromatic rings. The number of hydrogen-bond acceptors (Lipinski definition) is 5. The predicted molar refractivity (Wildman–Crippen MR) is 101 cm³/mol. The number of primary amides is 1. The Kier molecular flexibility index (Phi) is 6.95. The van der Waals surface area contributed by atoms with Crippen LogP contribution in [0.5, 0.6) is 0 Å². The van der Waals surface area contributed by atoms with E-state index in [9.17, 15) is 14.4 Å². The summed E-state index contributed by atoms with van der Waals surface area (Å²) in [6.45, 7) is 3.82. The minimum absolute atomic E-state index is 0.159. The number of carbonyl (C=O) groups is 3. The van der Waals surface area contributed by atoms with Crippen LogP contribution in [-0.4, -0.2) is 34.2 Å². The molecular formula is C18H21ClN4O4. The van der Waals surface area contributed by atoms with E-state index in [4.69, 9.17) is 22.1 Å². The molecule has 9 heteroatoms. The number of esters is 1. The number of anilines is 1. The third-order valence-corrected chi connectivity index (χ3v) is 4.16. The van der Waals surface area contributed by atoms with Gasteiger partial charge in [0.25, 0.3) is 5.91 Å². The van der Waals surface area contributed by atoms with Gasteiger partial charge in [0.1, 0.15) is 10.7 Å². The first-order chi connectivity index (χ1) is 12.8. The van der Waals surface area contributed by atoms with E-state index in [1.807, 2.05) is 6.92 Å². The number of aromatic nitrogens is 2. The average Bonchev–Trinajstić information content (AvgIpc) is 2.92. The fraction of sp³-hybridized carbons (Fsp3) is 0.333. The van der Waals surface area contributed by atoms with Crippen LogP contribution in [0, 0.1) is 6.92 Å². The van der Waals surface area contributed by atoms with Crippen LogP contribution in [0.2, 0.25) is 5.15 Å². The van der Waals surface area contributed by atoms with Gasteiger partial charge in [-0.1, -0.05) is 24.9 Å². The SMILES string of the molecule is CCCCn1nc(C)c(C(=O)OCC(=O)Nc2ccc(C(N)=O)cc2)c1Cl. The molecule has 144 valence electrons. The van der Waals surface area contributed by atoms with Crippen LogP contribution in [0.1, 0.15) is 46.2 Å². The molecule has 8 nitrogen and oxygen atoms in total. The van der Waals surface area contributed by atoms with Crippen molar-refractivity contribution in [3.63, 3.8) is 0 Å². The van der Waals surface area contributed by atoms with E-state index < -0.39 is 24.4 Å². The van der Waals surface area contributed by atoms with Gasteiger partial charge in [-0.2, -0.15) is 5.10 Å². The quantitative estimate of drug-likeness (QED) is 0.669. The third kappa shape index (κ3) is 5.30. The van der Waals surface area contributed by atoms with Gasteiger partial charge in [0.05, 0.1) is 5.69 Å². The maximum absolute atomic E-state index is 12.3. The molecule has 2 amide bonds. The summed E-state index contributed by atoms with van der Waals surface area (Å²) in [5.74, 6) is -1.80.